The minimum atomic E-state index is -0.346. The monoisotopic (exact) mass is 193 g/mol. The van der Waals surface area contributed by atoms with E-state index in [0.717, 1.165) is 0 Å². The Morgan fingerprint density at radius 3 is 2.86 bits per heavy atom. The predicted molar refractivity (Wildman–Crippen MR) is 53.5 cm³/mol. The van der Waals surface area contributed by atoms with E-state index in [-0.39, 0.29) is 5.82 Å². The van der Waals surface area contributed by atoms with Gasteiger partial charge in [0.15, 0.2) is 0 Å². The van der Waals surface area contributed by atoms with E-state index in [9.17, 15) is 4.39 Å². The maximum atomic E-state index is 13.0. The van der Waals surface area contributed by atoms with Crippen LogP contribution in [0.25, 0.3) is 0 Å². The van der Waals surface area contributed by atoms with Crippen LogP contribution in [0.3, 0.4) is 0 Å². The molecule has 0 saturated heterocycles. The van der Waals surface area contributed by atoms with Gasteiger partial charge in [-0.3, -0.25) is 0 Å². The van der Waals surface area contributed by atoms with Crippen molar-refractivity contribution in [3.05, 3.63) is 29.6 Å². The number of rotatable bonds is 2. The summed E-state index contributed by atoms with van der Waals surface area (Å²) in [4.78, 5) is 0. The number of hydrogen-bond donors (Lipinski definition) is 1. The van der Waals surface area contributed by atoms with E-state index in [4.69, 9.17) is 10.5 Å². The second-order valence-electron chi connectivity index (χ2n) is 2.72. The van der Waals surface area contributed by atoms with Crippen LogP contribution in [0.1, 0.15) is 12.0 Å². The zero-order chi connectivity index (χ0) is 10.4. The average Bonchev–Trinajstić information content (AvgIpc) is 2.17. The van der Waals surface area contributed by atoms with Gasteiger partial charge in [-0.25, -0.2) is 4.39 Å². The molecule has 1 rings (SSSR count). The number of halogens is 1. The lowest BCUT2D eigenvalue weighted by Gasteiger charge is -1.99. The molecule has 14 heavy (non-hydrogen) atoms. The van der Waals surface area contributed by atoms with Crippen LogP contribution in [0.5, 0.6) is 5.75 Å². The van der Waals surface area contributed by atoms with E-state index < -0.39 is 0 Å². The molecule has 74 valence electrons. The maximum Gasteiger partial charge on any atom is 0.128 e. The second-order valence-corrected chi connectivity index (χ2v) is 2.72. The predicted octanol–water partition coefficient (Wildman–Crippen LogP) is 1.53. The molecule has 3 heteroatoms. The van der Waals surface area contributed by atoms with Crippen LogP contribution < -0.4 is 10.5 Å². The molecule has 0 aromatic heterocycles. The Morgan fingerprint density at radius 1 is 1.43 bits per heavy atom. The molecular weight excluding hydrogens is 181 g/mol. The van der Waals surface area contributed by atoms with Crippen LogP contribution in [0.15, 0.2) is 18.2 Å². The molecular formula is C11H12FNO. The SMILES string of the molecule is COc1cc(F)cc(C#CCCN)c1. The largest absolute Gasteiger partial charge is 0.497 e. The van der Waals surface area contributed by atoms with Crippen LogP contribution in [0.2, 0.25) is 0 Å². The van der Waals surface area contributed by atoms with Gasteiger partial charge in [-0.1, -0.05) is 11.8 Å². The van der Waals surface area contributed by atoms with Gasteiger partial charge in [0.25, 0.3) is 0 Å². The number of benzene rings is 1. The van der Waals surface area contributed by atoms with Crippen LogP contribution in [0.4, 0.5) is 4.39 Å². The standard InChI is InChI=1S/C11H12FNO/c1-14-11-7-9(4-2-3-5-13)6-10(12)8-11/h6-8H,3,5,13H2,1H3. The first kappa shape index (κ1) is 10.6. The molecule has 0 atom stereocenters. The minimum Gasteiger partial charge on any atom is -0.497 e. The summed E-state index contributed by atoms with van der Waals surface area (Å²) in [7, 11) is 1.49. The molecule has 0 spiro atoms. The van der Waals surface area contributed by atoms with Crippen molar-refractivity contribution in [3.8, 4) is 17.6 Å². The molecule has 1 aromatic carbocycles. The van der Waals surface area contributed by atoms with Gasteiger partial charge >= 0.3 is 0 Å². The van der Waals surface area contributed by atoms with Gasteiger partial charge in [0.2, 0.25) is 0 Å². The molecule has 0 unspecified atom stereocenters. The van der Waals surface area contributed by atoms with Crippen molar-refractivity contribution in [3.63, 3.8) is 0 Å². The summed E-state index contributed by atoms with van der Waals surface area (Å²) in [6, 6.07) is 4.37. The van der Waals surface area contributed by atoms with Crippen LogP contribution in [-0.2, 0) is 0 Å². The van der Waals surface area contributed by atoms with Crippen LogP contribution in [-0.4, -0.2) is 13.7 Å². The van der Waals surface area contributed by atoms with Crippen molar-refractivity contribution in [2.45, 2.75) is 6.42 Å². The molecule has 2 N–H and O–H groups in total. The fraction of sp³-hybridized carbons (Fsp3) is 0.273. The molecule has 0 aliphatic heterocycles. The molecule has 1 aromatic rings. The van der Waals surface area contributed by atoms with E-state index >= 15 is 0 Å². The highest BCUT2D eigenvalue weighted by Gasteiger charge is 1.97. The van der Waals surface area contributed by atoms with Gasteiger partial charge < -0.3 is 10.5 Å². The summed E-state index contributed by atoms with van der Waals surface area (Å²) in [5.74, 6) is 5.77. The maximum absolute atomic E-state index is 13.0. The van der Waals surface area contributed by atoms with E-state index in [0.29, 0.717) is 24.3 Å². The summed E-state index contributed by atoms with van der Waals surface area (Å²) < 4.78 is 17.9. The molecule has 0 saturated carbocycles. The summed E-state index contributed by atoms with van der Waals surface area (Å²) >= 11 is 0. The summed E-state index contributed by atoms with van der Waals surface area (Å²) in [5, 5.41) is 0. The Balaban J connectivity index is 2.88. The van der Waals surface area contributed by atoms with Crippen molar-refractivity contribution >= 4 is 0 Å². The lowest BCUT2D eigenvalue weighted by atomic mass is 10.2. The highest BCUT2D eigenvalue weighted by Crippen LogP contribution is 2.14. The first-order chi connectivity index (χ1) is 6.76. The molecule has 0 bridgehead atoms. The van der Waals surface area contributed by atoms with Crippen molar-refractivity contribution in [1.82, 2.24) is 0 Å². The van der Waals surface area contributed by atoms with Crippen LogP contribution >= 0.6 is 0 Å². The van der Waals surface area contributed by atoms with Crippen molar-refractivity contribution in [2.24, 2.45) is 5.73 Å². The van der Waals surface area contributed by atoms with Gasteiger partial charge in [-0.15, -0.1) is 0 Å². The summed E-state index contributed by atoms with van der Waals surface area (Å²) in [5.41, 5.74) is 5.88. The van der Waals surface area contributed by atoms with E-state index in [1.54, 1.807) is 6.07 Å². The Kier molecular flexibility index (Phi) is 3.96. The fourth-order valence-electron chi connectivity index (χ4n) is 0.989. The van der Waals surface area contributed by atoms with Gasteiger partial charge in [0.05, 0.1) is 7.11 Å². The van der Waals surface area contributed by atoms with Crippen LogP contribution in [0, 0.1) is 17.7 Å². The lowest BCUT2D eigenvalue weighted by Crippen LogP contribution is -1.95. The Bertz CT molecular complexity index is 365. The molecule has 2 nitrogen and oxygen atoms in total. The highest BCUT2D eigenvalue weighted by atomic mass is 19.1. The molecule has 0 radical (unpaired) electrons. The number of hydrogen-bond acceptors (Lipinski definition) is 2. The van der Waals surface area contributed by atoms with Crippen molar-refractivity contribution in [1.29, 1.82) is 0 Å². The van der Waals surface area contributed by atoms with E-state index in [2.05, 4.69) is 11.8 Å². The zero-order valence-corrected chi connectivity index (χ0v) is 8.01. The normalized spacial score (nSPS) is 9.07. The lowest BCUT2D eigenvalue weighted by molar-refractivity contribution is 0.411. The summed E-state index contributed by atoms with van der Waals surface area (Å²) in [6.07, 6.45) is 0.610. The first-order valence-corrected chi connectivity index (χ1v) is 4.30. The van der Waals surface area contributed by atoms with E-state index in [1.807, 2.05) is 0 Å². The average molecular weight is 193 g/mol. The third kappa shape index (κ3) is 3.08. The fourth-order valence-corrected chi connectivity index (χ4v) is 0.989. The zero-order valence-electron chi connectivity index (χ0n) is 8.01. The number of methoxy groups -OCH3 is 1. The molecule has 0 aliphatic carbocycles. The Morgan fingerprint density at radius 2 is 2.21 bits per heavy atom. The van der Waals surface area contributed by atoms with Gasteiger partial charge in [0.1, 0.15) is 11.6 Å². The minimum absolute atomic E-state index is 0.346. The van der Waals surface area contributed by atoms with Crippen molar-refractivity contribution in [2.75, 3.05) is 13.7 Å². The number of nitrogens with two attached hydrogens (primary N) is 1. The van der Waals surface area contributed by atoms with Gasteiger partial charge in [0, 0.05) is 24.6 Å². The smallest absolute Gasteiger partial charge is 0.128 e. The van der Waals surface area contributed by atoms with Crippen molar-refractivity contribution < 1.29 is 9.13 Å². The highest BCUT2D eigenvalue weighted by molar-refractivity contribution is 5.40. The topological polar surface area (TPSA) is 35.2 Å². The third-order valence-electron chi connectivity index (χ3n) is 1.61. The Hall–Kier alpha value is -1.53. The quantitative estimate of drug-likeness (QED) is 0.723. The van der Waals surface area contributed by atoms with Gasteiger partial charge in [-0.2, -0.15) is 0 Å². The molecule has 0 aliphatic rings. The second kappa shape index (κ2) is 5.25. The third-order valence-corrected chi connectivity index (χ3v) is 1.61. The number of ether oxygens (including phenoxy) is 1. The first-order valence-electron chi connectivity index (χ1n) is 4.30. The summed E-state index contributed by atoms with van der Waals surface area (Å²) in [6.45, 7) is 0.513. The van der Waals surface area contributed by atoms with E-state index in [1.165, 1.54) is 19.2 Å². The molecule has 0 fully saturated rings. The Labute approximate surface area is 82.9 Å². The molecule has 0 amide bonds. The molecule has 0 heterocycles. The van der Waals surface area contributed by atoms with Gasteiger partial charge in [-0.05, 0) is 12.1 Å².